The van der Waals surface area contributed by atoms with Gasteiger partial charge in [-0.05, 0) is 26.7 Å². The summed E-state index contributed by atoms with van der Waals surface area (Å²) in [6.07, 6.45) is 4.87. The van der Waals surface area contributed by atoms with Crippen LogP contribution in [-0.4, -0.2) is 30.6 Å². The Morgan fingerprint density at radius 1 is 1.16 bits per heavy atom. The maximum Gasteiger partial charge on any atom is 0.321 e. The molecule has 0 aliphatic heterocycles. The monoisotopic (exact) mass is 270 g/mol. The zero-order valence-electron chi connectivity index (χ0n) is 11.5. The summed E-state index contributed by atoms with van der Waals surface area (Å²) in [5, 5.41) is 4.62. The molecule has 1 saturated carbocycles. The van der Waals surface area contributed by atoms with Gasteiger partial charge in [0.05, 0.1) is 5.92 Å². The van der Waals surface area contributed by atoms with E-state index in [4.69, 9.17) is 4.74 Å². The summed E-state index contributed by atoms with van der Waals surface area (Å²) in [6.45, 7) is 3.17. The Bertz CT molecular complexity index is 336. The smallest absolute Gasteiger partial charge is 0.321 e. The van der Waals surface area contributed by atoms with E-state index in [2.05, 4.69) is 10.6 Å². The van der Waals surface area contributed by atoms with E-state index in [0.717, 1.165) is 32.1 Å². The van der Waals surface area contributed by atoms with Crippen molar-refractivity contribution in [1.29, 1.82) is 0 Å². The molecule has 1 fully saturated rings. The van der Waals surface area contributed by atoms with Crippen LogP contribution in [0.4, 0.5) is 4.79 Å². The van der Waals surface area contributed by atoms with Crippen LogP contribution in [-0.2, 0) is 14.3 Å². The zero-order chi connectivity index (χ0) is 14.3. The van der Waals surface area contributed by atoms with Crippen LogP contribution >= 0.6 is 0 Å². The normalized spacial score (nSPS) is 15.9. The predicted octanol–water partition coefficient (Wildman–Crippen LogP) is 1.34. The maximum absolute atomic E-state index is 11.7. The highest BCUT2D eigenvalue weighted by Gasteiger charge is 2.23. The fourth-order valence-electron chi connectivity index (χ4n) is 2.05. The van der Waals surface area contributed by atoms with Crippen LogP contribution < -0.4 is 10.6 Å². The predicted molar refractivity (Wildman–Crippen MR) is 69.3 cm³/mol. The summed E-state index contributed by atoms with van der Waals surface area (Å²) in [6, 6.07) is -0.633. The van der Waals surface area contributed by atoms with Gasteiger partial charge in [0.2, 0.25) is 0 Å². The van der Waals surface area contributed by atoms with Gasteiger partial charge in [0.25, 0.3) is 5.91 Å². The second-order valence-corrected chi connectivity index (χ2v) is 5.12. The first-order chi connectivity index (χ1) is 8.99. The third-order valence-corrected chi connectivity index (χ3v) is 2.96. The number of imide groups is 1. The summed E-state index contributed by atoms with van der Waals surface area (Å²) in [7, 11) is 0. The van der Waals surface area contributed by atoms with E-state index in [-0.39, 0.29) is 17.9 Å². The van der Waals surface area contributed by atoms with E-state index < -0.39 is 18.5 Å². The van der Waals surface area contributed by atoms with Crippen molar-refractivity contribution in [2.45, 2.75) is 52.0 Å². The highest BCUT2D eigenvalue weighted by Crippen LogP contribution is 2.24. The molecule has 1 aliphatic carbocycles. The van der Waals surface area contributed by atoms with Crippen molar-refractivity contribution < 1.29 is 19.1 Å². The molecule has 6 heteroatoms. The van der Waals surface area contributed by atoms with Gasteiger partial charge < -0.3 is 10.1 Å². The number of ether oxygens (including phenoxy) is 1. The number of urea groups is 1. The fourth-order valence-corrected chi connectivity index (χ4v) is 2.05. The number of nitrogens with one attached hydrogen (secondary N) is 2. The maximum atomic E-state index is 11.7. The minimum atomic E-state index is -0.609. The molecule has 0 atom stereocenters. The van der Waals surface area contributed by atoms with E-state index in [1.54, 1.807) is 13.8 Å². The Kier molecular flexibility index (Phi) is 6.32. The van der Waals surface area contributed by atoms with Crippen LogP contribution in [0.25, 0.3) is 0 Å². The van der Waals surface area contributed by atoms with Gasteiger partial charge in [0, 0.05) is 6.04 Å². The van der Waals surface area contributed by atoms with Crippen LogP contribution in [0.5, 0.6) is 0 Å². The van der Waals surface area contributed by atoms with Crippen molar-refractivity contribution in [3.8, 4) is 0 Å². The molecule has 0 radical (unpaired) electrons. The first-order valence-corrected chi connectivity index (χ1v) is 6.76. The van der Waals surface area contributed by atoms with Gasteiger partial charge in [0.15, 0.2) is 6.61 Å². The van der Waals surface area contributed by atoms with Crippen molar-refractivity contribution >= 4 is 17.9 Å². The molecule has 6 nitrogen and oxygen atoms in total. The van der Waals surface area contributed by atoms with Crippen LogP contribution in [0.15, 0.2) is 0 Å². The zero-order valence-corrected chi connectivity index (χ0v) is 11.5. The second-order valence-electron chi connectivity index (χ2n) is 5.12. The lowest BCUT2D eigenvalue weighted by atomic mass is 9.89. The van der Waals surface area contributed by atoms with E-state index >= 15 is 0 Å². The van der Waals surface area contributed by atoms with Crippen molar-refractivity contribution in [2.75, 3.05) is 6.61 Å². The number of amides is 3. The first-order valence-electron chi connectivity index (χ1n) is 6.76. The minimum absolute atomic E-state index is 0.0578. The molecular formula is C13H22N2O4. The molecule has 0 aromatic heterocycles. The lowest BCUT2D eigenvalue weighted by Crippen LogP contribution is -2.44. The molecule has 0 saturated heterocycles. The van der Waals surface area contributed by atoms with E-state index in [1.165, 1.54) is 0 Å². The molecular weight excluding hydrogens is 248 g/mol. The van der Waals surface area contributed by atoms with Gasteiger partial charge in [-0.15, -0.1) is 0 Å². The Labute approximate surface area is 113 Å². The van der Waals surface area contributed by atoms with Gasteiger partial charge >= 0.3 is 12.0 Å². The van der Waals surface area contributed by atoms with E-state index in [0.29, 0.717) is 0 Å². The number of carbonyl (C=O) groups is 3. The van der Waals surface area contributed by atoms with Crippen LogP contribution in [0.3, 0.4) is 0 Å². The largest absolute Gasteiger partial charge is 0.455 e. The van der Waals surface area contributed by atoms with E-state index in [1.807, 2.05) is 0 Å². The SMILES string of the molecule is CC(C)NC(=O)NC(=O)COC(=O)C1CCCCC1. The molecule has 19 heavy (non-hydrogen) atoms. The first kappa shape index (κ1) is 15.5. The molecule has 0 spiro atoms. The highest BCUT2D eigenvalue weighted by atomic mass is 16.5. The standard InChI is InChI=1S/C13H22N2O4/c1-9(2)14-13(18)15-11(16)8-19-12(17)10-6-4-3-5-7-10/h9-10H,3-8H2,1-2H3,(H2,14,15,16,18). The van der Waals surface area contributed by atoms with Crippen molar-refractivity contribution in [3.05, 3.63) is 0 Å². The van der Waals surface area contributed by atoms with Crippen molar-refractivity contribution in [1.82, 2.24) is 10.6 Å². The number of carbonyl (C=O) groups excluding carboxylic acids is 3. The molecule has 0 unspecified atom stereocenters. The Morgan fingerprint density at radius 3 is 2.37 bits per heavy atom. The average molecular weight is 270 g/mol. The molecule has 0 heterocycles. The molecule has 0 bridgehead atoms. The van der Waals surface area contributed by atoms with Crippen LogP contribution in [0.1, 0.15) is 46.0 Å². The lowest BCUT2D eigenvalue weighted by molar-refractivity contribution is -0.153. The van der Waals surface area contributed by atoms with E-state index in [9.17, 15) is 14.4 Å². The number of hydrogen-bond acceptors (Lipinski definition) is 4. The average Bonchev–Trinajstić information content (AvgIpc) is 2.36. The third kappa shape index (κ3) is 6.22. The summed E-state index contributed by atoms with van der Waals surface area (Å²) in [5.41, 5.74) is 0. The fraction of sp³-hybridized carbons (Fsp3) is 0.769. The highest BCUT2D eigenvalue weighted by molar-refractivity contribution is 5.95. The summed E-state index contributed by atoms with van der Waals surface area (Å²) < 4.78 is 4.92. The summed E-state index contributed by atoms with van der Waals surface area (Å²) in [5.74, 6) is -1.03. The van der Waals surface area contributed by atoms with Crippen molar-refractivity contribution in [2.24, 2.45) is 5.92 Å². The number of esters is 1. The second kappa shape index (κ2) is 7.76. The van der Waals surface area contributed by atoms with Gasteiger partial charge in [-0.1, -0.05) is 19.3 Å². The molecule has 1 rings (SSSR count). The van der Waals surface area contributed by atoms with Crippen molar-refractivity contribution in [3.63, 3.8) is 0 Å². The summed E-state index contributed by atoms with van der Waals surface area (Å²) in [4.78, 5) is 34.3. The third-order valence-electron chi connectivity index (χ3n) is 2.96. The topological polar surface area (TPSA) is 84.5 Å². The van der Waals surface area contributed by atoms with Gasteiger partial charge in [-0.25, -0.2) is 4.79 Å². The Hall–Kier alpha value is -1.59. The molecule has 108 valence electrons. The number of rotatable bonds is 4. The molecule has 3 amide bonds. The Morgan fingerprint density at radius 2 is 1.79 bits per heavy atom. The summed E-state index contributed by atoms with van der Waals surface area (Å²) >= 11 is 0. The number of hydrogen-bond donors (Lipinski definition) is 2. The molecule has 2 N–H and O–H groups in total. The van der Waals surface area contributed by atoms with Gasteiger partial charge in [-0.3, -0.25) is 14.9 Å². The molecule has 0 aromatic rings. The molecule has 1 aliphatic rings. The minimum Gasteiger partial charge on any atom is -0.455 e. The van der Waals surface area contributed by atoms with Gasteiger partial charge in [-0.2, -0.15) is 0 Å². The molecule has 0 aromatic carbocycles. The van der Waals surface area contributed by atoms with Gasteiger partial charge in [0.1, 0.15) is 0 Å². The quantitative estimate of drug-likeness (QED) is 0.755. The van der Waals surface area contributed by atoms with Crippen LogP contribution in [0, 0.1) is 5.92 Å². The van der Waals surface area contributed by atoms with Crippen LogP contribution in [0.2, 0.25) is 0 Å². The lowest BCUT2D eigenvalue weighted by Gasteiger charge is -2.19. The Balaban J connectivity index is 2.22.